The lowest BCUT2D eigenvalue weighted by Gasteiger charge is -2.17. The van der Waals surface area contributed by atoms with Gasteiger partial charge in [-0.25, -0.2) is 9.97 Å². The minimum Gasteiger partial charge on any atom is -0.484 e. The van der Waals surface area contributed by atoms with Crippen LogP contribution in [0.25, 0.3) is 10.8 Å². The van der Waals surface area contributed by atoms with Gasteiger partial charge in [0.05, 0.1) is 24.0 Å². The van der Waals surface area contributed by atoms with Crippen LogP contribution in [0, 0.1) is 0 Å². The molecule has 1 atom stereocenters. The van der Waals surface area contributed by atoms with Gasteiger partial charge in [0, 0.05) is 13.0 Å². The molecule has 138 valence electrons. The van der Waals surface area contributed by atoms with Crippen molar-refractivity contribution < 1.29 is 14.3 Å². The van der Waals surface area contributed by atoms with Gasteiger partial charge in [-0.3, -0.25) is 4.79 Å². The summed E-state index contributed by atoms with van der Waals surface area (Å²) in [5.41, 5.74) is 0. The van der Waals surface area contributed by atoms with Gasteiger partial charge in [-0.2, -0.15) is 0 Å². The molecule has 1 fully saturated rings. The molecule has 0 spiro atoms. The molecule has 0 saturated carbocycles. The third kappa shape index (κ3) is 4.28. The zero-order valence-corrected chi connectivity index (χ0v) is 15.3. The second kappa shape index (κ2) is 7.80. The third-order valence-corrected chi connectivity index (χ3v) is 4.64. The molecule has 1 amide bonds. The van der Waals surface area contributed by atoms with Gasteiger partial charge < -0.3 is 14.4 Å². The zero-order chi connectivity index (χ0) is 18.6. The van der Waals surface area contributed by atoms with E-state index in [0.717, 1.165) is 17.2 Å². The minimum atomic E-state index is -0.129. The van der Waals surface area contributed by atoms with Crippen molar-refractivity contribution in [2.24, 2.45) is 0 Å². The Morgan fingerprint density at radius 3 is 2.74 bits per heavy atom. The molecular formula is C20H18ClN3O3. The first-order valence-corrected chi connectivity index (χ1v) is 9.09. The highest BCUT2D eigenvalue weighted by Gasteiger charge is 2.28. The van der Waals surface area contributed by atoms with Crippen LogP contribution >= 0.6 is 11.6 Å². The van der Waals surface area contributed by atoms with Crippen LogP contribution in [-0.2, 0) is 4.79 Å². The van der Waals surface area contributed by atoms with Crippen LogP contribution in [0.3, 0.4) is 0 Å². The molecule has 1 aliphatic rings. The van der Waals surface area contributed by atoms with Crippen molar-refractivity contribution in [3.8, 4) is 11.8 Å². The molecule has 1 aromatic heterocycles. The van der Waals surface area contributed by atoms with E-state index in [2.05, 4.69) is 9.97 Å². The smallest absolute Gasteiger partial charge is 0.316 e. The quantitative estimate of drug-likeness (QED) is 0.676. The van der Waals surface area contributed by atoms with E-state index in [-0.39, 0.29) is 24.6 Å². The van der Waals surface area contributed by atoms with E-state index in [4.69, 9.17) is 21.1 Å². The lowest BCUT2D eigenvalue weighted by atomic mass is 10.1. The average Bonchev–Trinajstić information content (AvgIpc) is 3.16. The largest absolute Gasteiger partial charge is 0.484 e. The van der Waals surface area contributed by atoms with Crippen molar-refractivity contribution in [3.05, 3.63) is 59.9 Å². The number of ether oxygens (including phenoxy) is 2. The van der Waals surface area contributed by atoms with Gasteiger partial charge >= 0.3 is 6.01 Å². The first-order chi connectivity index (χ1) is 13.2. The number of nitrogens with zero attached hydrogens (tertiary/aromatic N) is 3. The highest BCUT2D eigenvalue weighted by molar-refractivity contribution is 6.30. The van der Waals surface area contributed by atoms with E-state index < -0.39 is 0 Å². The summed E-state index contributed by atoms with van der Waals surface area (Å²) < 4.78 is 11.4. The molecule has 4 rings (SSSR count). The van der Waals surface area contributed by atoms with Crippen LogP contribution in [0.15, 0.2) is 54.9 Å². The number of hydrogen-bond donors (Lipinski definition) is 0. The Bertz CT molecular complexity index is 949. The summed E-state index contributed by atoms with van der Waals surface area (Å²) in [7, 11) is 0. The Balaban J connectivity index is 1.30. The number of hydrogen-bond acceptors (Lipinski definition) is 5. The van der Waals surface area contributed by atoms with Crippen molar-refractivity contribution in [3.63, 3.8) is 0 Å². The summed E-state index contributed by atoms with van der Waals surface area (Å²) in [6.45, 7) is 1.12. The highest BCUT2D eigenvalue weighted by Crippen LogP contribution is 2.21. The van der Waals surface area contributed by atoms with E-state index in [0.29, 0.717) is 23.9 Å². The van der Waals surface area contributed by atoms with E-state index in [9.17, 15) is 4.79 Å². The van der Waals surface area contributed by atoms with Gasteiger partial charge in [0.2, 0.25) is 0 Å². The third-order valence-electron chi connectivity index (χ3n) is 4.45. The maximum Gasteiger partial charge on any atom is 0.316 e. The van der Waals surface area contributed by atoms with Crippen molar-refractivity contribution in [2.45, 2.75) is 12.5 Å². The number of aromatic nitrogens is 2. The minimum absolute atomic E-state index is 0.00249. The van der Waals surface area contributed by atoms with Gasteiger partial charge in [0.15, 0.2) is 6.61 Å². The highest BCUT2D eigenvalue weighted by atomic mass is 35.5. The van der Waals surface area contributed by atoms with E-state index in [1.165, 1.54) is 12.4 Å². The second-order valence-electron chi connectivity index (χ2n) is 6.35. The van der Waals surface area contributed by atoms with Crippen molar-refractivity contribution >= 4 is 28.3 Å². The molecule has 2 aromatic carbocycles. The molecule has 6 nitrogen and oxygen atoms in total. The van der Waals surface area contributed by atoms with Crippen LogP contribution in [0.4, 0.5) is 0 Å². The van der Waals surface area contributed by atoms with Gasteiger partial charge in [0.25, 0.3) is 5.91 Å². The van der Waals surface area contributed by atoms with Crippen LogP contribution in [-0.4, -0.2) is 46.6 Å². The first-order valence-electron chi connectivity index (χ1n) is 8.71. The molecule has 0 unspecified atom stereocenters. The molecule has 3 aromatic rings. The molecule has 2 heterocycles. The SMILES string of the molecule is O=C(COc1ccc2ccccc2c1)N1CC[C@H](Oc2ncc(Cl)cn2)C1. The van der Waals surface area contributed by atoms with Crippen molar-refractivity contribution in [1.82, 2.24) is 14.9 Å². The van der Waals surface area contributed by atoms with Gasteiger partial charge in [0.1, 0.15) is 11.9 Å². The first kappa shape index (κ1) is 17.5. The number of likely N-dealkylation sites (tertiary alicyclic amines) is 1. The number of carbonyl (C=O) groups is 1. The van der Waals surface area contributed by atoms with Crippen molar-refractivity contribution in [1.29, 1.82) is 0 Å². The predicted molar refractivity (Wildman–Crippen MR) is 102 cm³/mol. The Morgan fingerprint density at radius 2 is 1.93 bits per heavy atom. The van der Waals surface area contributed by atoms with E-state index >= 15 is 0 Å². The maximum absolute atomic E-state index is 12.4. The summed E-state index contributed by atoms with van der Waals surface area (Å²) in [5.74, 6) is 0.620. The number of amides is 1. The number of halogens is 1. The Hall–Kier alpha value is -2.86. The standard InChI is InChI=1S/C20H18ClN3O3/c21-16-10-22-20(23-11-16)27-18-7-8-24(12-18)19(25)13-26-17-6-5-14-3-1-2-4-15(14)9-17/h1-6,9-11,18H,7-8,12-13H2/t18-/m0/s1. The van der Waals surface area contributed by atoms with E-state index in [1.54, 1.807) is 4.90 Å². The fourth-order valence-corrected chi connectivity index (χ4v) is 3.15. The van der Waals surface area contributed by atoms with Crippen molar-refractivity contribution in [2.75, 3.05) is 19.7 Å². The molecule has 0 aliphatic carbocycles. The molecule has 1 saturated heterocycles. The Kier molecular flexibility index (Phi) is 5.07. The molecule has 1 aliphatic heterocycles. The summed E-state index contributed by atoms with van der Waals surface area (Å²) in [6.07, 6.45) is 3.57. The van der Waals surface area contributed by atoms with E-state index in [1.807, 2.05) is 42.5 Å². The number of benzene rings is 2. The summed E-state index contributed by atoms with van der Waals surface area (Å²) in [5, 5.41) is 2.68. The summed E-state index contributed by atoms with van der Waals surface area (Å²) in [4.78, 5) is 22.2. The Labute approximate surface area is 161 Å². The maximum atomic E-state index is 12.4. The lowest BCUT2D eigenvalue weighted by molar-refractivity contribution is -0.132. The van der Waals surface area contributed by atoms with Crippen LogP contribution < -0.4 is 9.47 Å². The molecule has 27 heavy (non-hydrogen) atoms. The summed E-state index contributed by atoms with van der Waals surface area (Å²) in [6, 6.07) is 14.1. The van der Waals surface area contributed by atoms with Gasteiger partial charge in [-0.05, 0) is 22.9 Å². The van der Waals surface area contributed by atoms with Crippen LogP contribution in [0.2, 0.25) is 5.02 Å². The topological polar surface area (TPSA) is 64.5 Å². The molecule has 0 bridgehead atoms. The zero-order valence-electron chi connectivity index (χ0n) is 14.5. The van der Waals surface area contributed by atoms with Gasteiger partial charge in [-0.15, -0.1) is 0 Å². The summed E-state index contributed by atoms with van der Waals surface area (Å²) >= 11 is 5.76. The monoisotopic (exact) mass is 383 g/mol. The molecule has 7 heteroatoms. The predicted octanol–water partition coefficient (Wildman–Crippen LogP) is 3.34. The Morgan fingerprint density at radius 1 is 1.15 bits per heavy atom. The normalized spacial score (nSPS) is 16.5. The average molecular weight is 384 g/mol. The fourth-order valence-electron chi connectivity index (χ4n) is 3.05. The van der Waals surface area contributed by atoms with Crippen LogP contribution in [0.5, 0.6) is 11.8 Å². The van der Waals surface area contributed by atoms with Gasteiger partial charge in [-0.1, -0.05) is 41.9 Å². The molecular weight excluding hydrogens is 366 g/mol. The number of rotatable bonds is 5. The number of carbonyl (C=O) groups excluding carboxylic acids is 1. The second-order valence-corrected chi connectivity index (χ2v) is 6.79. The molecule has 0 radical (unpaired) electrons. The molecule has 0 N–H and O–H groups in total. The number of fused-ring (bicyclic) bond motifs is 1. The van der Waals surface area contributed by atoms with Crippen LogP contribution in [0.1, 0.15) is 6.42 Å². The lowest BCUT2D eigenvalue weighted by Crippen LogP contribution is -2.34. The fraction of sp³-hybridized carbons (Fsp3) is 0.250.